The van der Waals surface area contributed by atoms with E-state index in [0.717, 1.165) is 25.8 Å². The molecule has 20 heavy (non-hydrogen) atoms. The third-order valence-corrected chi connectivity index (χ3v) is 5.52. The second kappa shape index (κ2) is 3.98. The molecule has 1 spiro atoms. The summed E-state index contributed by atoms with van der Waals surface area (Å²) in [6.07, 6.45) is 3.24. The average Bonchev–Trinajstić information content (AvgIpc) is 2.90. The minimum atomic E-state index is 0.0157. The molecule has 1 saturated heterocycles. The van der Waals surface area contributed by atoms with Crippen molar-refractivity contribution in [2.24, 2.45) is 5.92 Å². The first-order valence-electron chi connectivity index (χ1n) is 7.59. The molecule has 0 aromatic heterocycles. The number of urea groups is 1. The van der Waals surface area contributed by atoms with Crippen LogP contribution in [0.4, 0.5) is 4.79 Å². The molecule has 1 heterocycles. The number of nitrogens with one attached hydrogen (secondary N) is 3. The zero-order valence-electron chi connectivity index (χ0n) is 11.8. The van der Waals surface area contributed by atoms with Crippen molar-refractivity contribution in [1.82, 2.24) is 16.0 Å². The van der Waals surface area contributed by atoms with Gasteiger partial charge in [0, 0.05) is 11.5 Å². The van der Waals surface area contributed by atoms with Crippen molar-refractivity contribution in [3.63, 3.8) is 0 Å². The van der Waals surface area contributed by atoms with E-state index in [-0.39, 0.29) is 17.1 Å². The van der Waals surface area contributed by atoms with E-state index in [9.17, 15) is 4.79 Å². The van der Waals surface area contributed by atoms with Crippen LogP contribution >= 0.6 is 0 Å². The van der Waals surface area contributed by atoms with Gasteiger partial charge in [-0.05, 0) is 31.4 Å². The predicted octanol–water partition coefficient (Wildman–Crippen LogP) is 1.73. The van der Waals surface area contributed by atoms with Crippen molar-refractivity contribution in [1.29, 1.82) is 0 Å². The number of benzene rings is 1. The topological polar surface area (TPSA) is 53.2 Å². The number of fused-ring (bicyclic) bond motifs is 1. The normalized spacial score (nSPS) is 41.4. The van der Waals surface area contributed by atoms with Gasteiger partial charge in [-0.1, -0.05) is 37.3 Å². The zero-order chi connectivity index (χ0) is 13.8. The molecule has 2 amide bonds. The van der Waals surface area contributed by atoms with Crippen LogP contribution in [0.3, 0.4) is 0 Å². The Bertz CT molecular complexity index is 546. The van der Waals surface area contributed by atoms with E-state index >= 15 is 0 Å². The molecule has 0 bridgehead atoms. The highest BCUT2D eigenvalue weighted by Crippen LogP contribution is 2.60. The summed E-state index contributed by atoms with van der Waals surface area (Å²) in [5, 5.41) is 9.96. The number of hydrogen-bond donors (Lipinski definition) is 3. The Morgan fingerprint density at radius 1 is 1.30 bits per heavy atom. The standard InChI is InChI=1S/C16H21N3O/c1-2-17-15(11-6-4-3-5-7-11)8-9-16-12(10-15)13(16)18-14(20)19-16/h3-7,12-13,17H,2,8-10H2,1H3,(H2,18,19,20)/t12?,13?,15-,16-/m1/s1. The first kappa shape index (κ1) is 12.2. The van der Waals surface area contributed by atoms with Gasteiger partial charge in [-0.2, -0.15) is 0 Å². The lowest BCUT2D eigenvalue weighted by Crippen LogP contribution is -2.50. The van der Waals surface area contributed by atoms with Crippen molar-refractivity contribution in [3.05, 3.63) is 35.9 Å². The van der Waals surface area contributed by atoms with Gasteiger partial charge in [-0.25, -0.2) is 4.79 Å². The summed E-state index contributed by atoms with van der Waals surface area (Å²) in [6.45, 7) is 3.14. The third kappa shape index (κ3) is 1.48. The van der Waals surface area contributed by atoms with Crippen LogP contribution in [-0.2, 0) is 5.54 Å². The lowest BCUT2D eigenvalue weighted by Gasteiger charge is -2.41. The molecule has 3 fully saturated rings. The van der Waals surface area contributed by atoms with E-state index in [1.54, 1.807) is 0 Å². The maximum atomic E-state index is 11.5. The Labute approximate surface area is 119 Å². The first-order chi connectivity index (χ1) is 9.70. The van der Waals surface area contributed by atoms with Crippen molar-refractivity contribution in [2.45, 2.75) is 43.3 Å². The highest BCUT2D eigenvalue weighted by atomic mass is 16.2. The fraction of sp³-hybridized carbons (Fsp3) is 0.562. The van der Waals surface area contributed by atoms with Crippen LogP contribution in [0.5, 0.6) is 0 Å². The summed E-state index contributed by atoms with van der Waals surface area (Å²) in [4.78, 5) is 11.5. The number of amides is 2. The fourth-order valence-electron chi connectivity index (χ4n) is 4.53. The van der Waals surface area contributed by atoms with Gasteiger partial charge in [0.25, 0.3) is 0 Å². The summed E-state index contributed by atoms with van der Waals surface area (Å²) in [6, 6.07) is 11.1. The summed E-state index contributed by atoms with van der Waals surface area (Å²) < 4.78 is 0. The van der Waals surface area contributed by atoms with Crippen LogP contribution < -0.4 is 16.0 Å². The molecule has 2 unspecified atom stereocenters. The Hall–Kier alpha value is -1.55. The van der Waals surface area contributed by atoms with Crippen LogP contribution in [0, 0.1) is 5.92 Å². The van der Waals surface area contributed by atoms with Gasteiger partial charge in [0.2, 0.25) is 0 Å². The maximum absolute atomic E-state index is 11.5. The van der Waals surface area contributed by atoms with Crippen molar-refractivity contribution in [2.75, 3.05) is 6.54 Å². The van der Waals surface area contributed by atoms with E-state index in [4.69, 9.17) is 0 Å². The molecule has 3 aliphatic rings. The van der Waals surface area contributed by atoms with E-state index < -0.39 is 0 Å². The predicted molar refractivity (Wildman–Crippen MR) is 77.3 cm³/mol. The SMILES string of the molecule is CCN[C@]1(c2ccccc2)CC[C@]23NC(=O)NC2C3C1. The number of carbonyl (C=O) groups is 1. The molecule has 4 atom stereocenters. The molecule has 106 valence electrons. The maximum Gasteiger partial charge on any atom is 0.315 e. The lowest BCUT2D eigenvalue weighted by molar-refractivity contribution is 0.194. The van der Waals surface area contributed by atoms with E-state index in [0.29, 0.717) is 12.0 Å². The molecule has 1 aliphatic heterocycles. The van der Waals surface area contributed by atoms with Crippen LogP contribution in [0.2, 0.25) is 0 Å². The van der Waals surface area contributed by atoms with E-state index in [1.807, 2.05) is 0 Å². The summed E-state index contributed by atoms with van der Waals surface area (Å²) in [5.41, 5.74) is 1.51. The highest BCUT2D eigenvalue weighted by molar-refractivity contribution is 5.81. The van der Waals surface area contributed by atoms with Crippen molar-refractivity contribution >= 4 is 6.03 Å². The molecular weight excluding hydrogens is 250 g/mol. The average molecular weight is 271 g/mol. The first-order valence-corrected chi connectivity index (χ1v) is 7.59. The zero-order valence-corrected chi connectivity index (χ0v) is 11.8. The third-order valence-electron chi connectivity index (χ3n) is 5.52. The Morgan fingerprint density at radius 2 is 2.10 bits per heavy atom. The molecule has 3 N–H and O–H groups in total. The molecule has 2 saturated carbocycles. The monoisotopic (exact) mass is 271 g/mol. The van der Waals surface area contributed by atoms with Gasteiger partial charge in [0.05, 0.1) is 11.6 Å². The van der Waals surface area contributed by atoms with E-state index in [1.165, 1.54) is 5.56 Å². The Morgan fingerprint density at radius 3 is 2.85 bits per heavy atom. The summed E-state index contributed by atoms with van der Waals surface area (Å²) in [5.74, 6) is 0.563. The van der Waals surface area contributed by atoms with Gasteiger partial charge in [-0.15, -0.1) is 0 Å². The Kier molecular flexibility index (Phi) is 2.43. The minimum Gasteiger partial charge on any atom is -0.333 e. The number of hydrogen-bond acceptors (Lipinski definition) is 2. The second-order valence-corrected chi connectivity index (χ2v) is 6.41. The molecule has 1 aromatic carbocycles. The molecule has 1 aromatic rings. The minimum absolute atomic E-state index is 0.0157. The molecule has 4 rings (SSSR count). The lowest BCUT2D eigenvalue weighted by atomic mass is 9.75. The van der Waals surface area contributed by atoms with Gasteiger partial charge in [0.15, 0.2) is 0 Å². The van der Waals surface area contributed by atoms with Gasteiger partial charge in [0.1, 0.15) is 0 Å². The van der Waals surface area contributed by atoms with Crippen molar-refractivity contribution in [3.8, 4) is 0 Å². The molecular formula is C16H21N3O. The number of carbonyl (C=O) groups excluding carboxylic acids is 1. The molecule has 4 heteroatoms. The van der Waals surface area contributed by atoms with Gasteiger partial charge < -0.3 is 16.0 Å². The van der Waals surface area contributed by atoms with Gasteiger partial charge >= 0.3 is 6.03 Å². The van der Waals surface area contributed by atoms with E-state index in [2.05, 4.69) is 53.2 Å². The van der Waals surface area contributed by atoms with Crippen LogP contribution in [0.25, 0.3) is 0 Å². The molecule has 2 aliphatic carbocycles. The van der Waals surface area contributed by atoms with Crippen LogP contribution in [0.1, 0.15) is 31.7 Å². The van der Waals surface area contributed by atoms with Gasteiger partial charge in [-0.3, -0.25) is 0 Å². The summed E-state index contributed by atoms with van der Waals surface area (Å²) in [7, 11) is 0. The smallest absolute Gasteiger partial charge is 0.315 e. The fourth-order valence-corrected chi connectivity index (χ4v) is 4.53. The molecule has 0 radical (unpaired) electrons. The summed E-state index contributed by atoms with van der Waals surface area (Å²) >= 11 is 0. The van der Waals surface area contributed by atoms with Crippen LogP contribution in [0.15, 0.2) is 30.3 Å². The second-order valence-electron chi connectivity index (χ2n) is 6.41. The van der Waals surface area contributed by atoms with Crippen LogP contribution in [-0.4, -0.2) is 24.2 Å². The molecule has 4 nitrogen and oxygen atoms in total. The quantitative estimate of drug-likeness (QED) is 0.784. The number of rotatable bonds is 3. The highest BCUT2D eigenvalue weighted by Gasteiger charge is 2.73. The Balaban J connectivity index is 1.63. The largest absolute Gasteiger partial charge is 0.333 e. The van der Waals surface area contributed by atoms with Crippen molar-refractivity contribution < 1.29 is 4.79 Å².